The van der Waals surface area contributed by atoms with Crippen molar-refractivity contribution < 1.29 is 9.90 Å². The summed E-state index contributed by atoms with van der Waals surface area (Å²) < 4.78 is 2.60. The van der Waals surface area contributed by atoms with Crippen LogP contribution in [0, 0.1) is 0 Å². The summed E-state index contributed by atoms with van der Waals surface area (Å²) in [6.07, 6.45) is 1.82. The summed E-state index contributed by atoms with van der Waals surface area (Å²) in [5.74, 6) is -0.973. The molecule has 15 heavy (non-hydrogen) atoms. The van der Waals surface area contributed by atoms with Gasteiger partial charge in [-0.25, -0.2) is 4.79 Å². The van der Waals surface area contributed by atoms with E-state index in [2.05, 4.69) is 15.9 Å². The molecule has 2 rings (SSSR count). The fourth-order valence-electron chi connectivity index (χ4n) is 1.65. The third-order valence-electron chi connectivity index (χ3n) is 2.30. The summed E-state index contributed by atoms with van der Waals surface area (Å²) >= 11 is 3.34. The second-order valence-corrected chi connectivity index (χ2v) is 4.21. The first-order valence-electron chi connectivity index (χ1n) is 4.28. The fourth-order valence-corrected chi connectivity index (χ4v) is 2.37. The molecule has 0 unspecified atom stereocenters. The van der Waals surface area contributed by atoms with Gasteiger partial charge in [0.05, 0.1) is 11.1 Å². The number of nitrogens with zero attached hydrogens (tertiary/aromatic N) is 1. The Kier molecular flexibility index (Phi) is 2.19. The third kappa shape index (κ3) is 1.48. The van der Waals surface area contributed by atoms with Crippen LogP contribution in [0.15, 0.2) is 22.8 Å². The van der Waals surface area contributed by atoms with Crippen LogP contribution in [0.25, 0.3) is 10.9 Å². The van der Waals surface area contributed by atoms with Crippen molar-refractivity contribution in [2.45, 2.75) is 0 Å². The Bertz CT molecular complexity index is 560. The van der Waals surface area contributed by atoms with Crippen molar-refractivity contribution in [1.82, 2.24) is 4.57 Å². The molecular weight excluding hydrogens is 260 g/mol. The number of carbonyl (C=O) groups is 1. The molecule has 5 heteroatoms. The number of aryl methyl sites for hydroxylation is 1. The summed E-state index contributed by atoms with van der Waals surface area (Å²) in [6, 6.07) is 3.22. The largest absolute Gasteiger partial charge is 0.478 e. The molecule has 0 amide bonds. The van der Waals surface area contributed by atoms with E-state index in [0.717, 1.165) is 9.99 Å². The van der Waals surface area contributed by atoms with Crippen molar-refractivity contribution in [3.05, 3.63) is 28.4 Å². The van der Waals surface area contributed by atoms with Crippen LogP contribution in [-0.4, -0.2) is 15.6 Å². The maximum atomic E-state index is 11.0. The quantitative estimate of drug-likeness (QED) is 0.780. The molecular formula is C10H9BrN2O2. The second-order valence-electron chi connectivity index (χ2n) is 3.36. The Balaban J connectivity index is 2.96. The lowest BCUT2D eigenvalue weighted by Gasteiger charge is -2.02. The lowest BCUT2D eigenvalue weighted by Crippen LogP contribution is -1.99. The highest BCUT2D eigenvalue weighted by atomic mass is 79.9. The summed E-state index contributed by atoms with van der Waals surface area (Å²) in [5.41, 5.74) is 7.13. The monoisotopic (exact) mass is 268 g/mol. The van der Waals surface area contributed by atoms with Gasteiger partial charge in [-0.05, 0) is 28.1 Å². The van der Waals surface area contributed by atoms with E-state index < -0.39 is 5.97 Å². The Morgan fingerprint density at radius 3 is 2.80 bits per heavy atom. The molecule has 0 bridgehead atoms. The molecule has 0 aliphatic heterocycles. The summed E-state index contributed by atoms with van der Waals surface area (Å²) in [7, 11) is 1.85. The number of nitrogens with two attached hydrogens (primary N) is 1. The average Bonchev–Trinajstić information content (AvgIpc) is 2.41. The number of hydrogen-bond acceptors (Lipinski definition) is 2. The molecule has 3 N–H and O–H groups in total. The van der Waals surface area contributed by atoms with E-state index >= 15 is 0 Å². The van der Waals surface area contributed by atoms with Gasteiger partial charge >= 0.3 is 5.97 Å². The average molecular weight is 269 g/mol. The predicted octanol–water partition coefficient (Wildman–Crippen LogP) is 2.22. The Morgan fingerprint density at radius 2 is 2.20 bits per heavy atom. The maximum Gasteiger partial charge on any atom is 0.336 e. The number of carboxylic acids is 1. The number of nitrogen functional groups attached to an aromatic ring is 1. The van der Waals surface area contributed by atoms with E-state index in [1.165, 1.54) is 6.07 Å². The molecule has 0 aliphatic carbocycles. The third-order valence-corrected chi connectivity index (χ3v) is 2.90. The van der Waals surface area contributed by atoms with Crippen molar-refractivity contribution >= 4 is 38.5 Å². The molecule has 0 atom stereocenters. The zero-order valence-electron chi connectivity index (χ0n) is 7.99. The van der Waals surface area contributed by atoms with Gasteiger partial charge in [0.2, 0.25) is 0 Å². The number of hydrogen-bond donors (Lipinski definition) is 2. The van der Waals surface area contributed by atoms with Gasteiger partial charge in [-0.15, -0.1) is 0 Å². The van der Waals surface area contributed by atoms with Gasteiger partial charge in [0.15, 0.2) is 0 Å². The van der Waals surface area contributed by atoms with Gasteiger partial charge in [0.1, 0.15) is 0 Å². The molecule has 0 saturated carbocycles. The molecule has 1 heterocycles. The molecule has 78 valence electrons. The minimum absolute atomic E-state index is 0.220. The Morgan fingerprint density at radius 1 is 1.53 bits per heavy atom. The van der Waals surface area contributed by atoms with Crippen molar-refractivity contribution in [1.29, 1.82) is 0 Å². The van der Waals surface area contributed by atoms with Crippen LogP contribution >= 0.6 is 15.9 Å². The lowest BCUT2D eigenvalue weighted by molar-refractivity contribution is 0.0699. The first kappa shape index (κ1) is 10.0. The van der Waals surface area contributed by atoms with Gasteiger partial charge in [-0.3, -0.25) is 0 Å². The highest BCUT2D eigenvalue weighted by Crippen LogP contribution is 2.30. The molecule has 0 aliphatic rings. The first-order chi connectivity index (χ1) is 7.00. The smallest absolute Gasteiger partial charge is 0.336 e. The van der Waals surface area contributed by atoms with Crippen molar-refractivity contribution in [3.8, 4) is 0 Å². The van der Waals surface area contributed by atoms with Crippen LogP contribution in [-0.2, 0) is 7.05 Å². The Labute approximate surface area is 94.4 Å². The number of rotatable bonds is 1. The highest BCUT2D eigenvalue weighted by molar-refractivity contribution is 9.10. The molecule has 4 nitrogen and oxygen atoms in total. The van der Waals surface area contributed by atoms with Crippen molar-refractivity contribution in [3.63, 3.8) is 0 Å². The number of halogens is 1. The molecule has 1 aromatic heterocycles. The number of carboxylic acid groups (broad SMARTS) is 1. The van der Waals surface area contributed by atoms with E-state index in [9.17, 15) is 4.79 Å². The summed E-state index contributed by atoms with van der Waals surface area (Å²) in [4.78, 5) is 11.0. The fraction of sp³-hybridized carbons (Fsp3) is 0.100. The van der Waals surface area contributed by atoms with Crippen LogP contribution in [0.5, 0.6) is 0 Å². The van der Waals surface area contributed by atoms with Gasteiger partial charge in [-0.1, -0.05) is 0 Å². The zero-order valence-corrected chi connectivity index (χ0v) is 9.58. The molecule has 0 fully saturated rings. The van der Waals surface area contributed by atoms with E-state index in [1.54, 1.807) is 6.07 Å². The molecule has 2 aromatic rings. The summed E-state index contributed by atoms with van der Waals surface area (Å²) in [5, 5.41) is 9.74. The maximum absolute atomic E-state index is 11.0. The predicted molar refractivity (Wildman–Crippen MR) is 62.0 cm³/mol. The minimum atomic E-state index is -0.973. The SMILES string of the molecule is Cn1cc(Br)c2c(C(=O)O)cc(N)cc21. The molecule has 0 spiro atoms. The van der Waals surface area contributed by atoms with E-state index in [-0.39, 0.29) is 5.56 Å². The minimum Gasteiger partial charge on any atom is -0.478 e. The van der Waals surface area contributed by atoms with Gasteiger partial charge < -0.3 is 15.4 Å². The number of benzene rings is 1. The highest BCUT2D eigenvalue weighted by Gasteiger charge is 2.15. The molecule has 0 saturated heterocycles. The molecule has 0 radical (unpaired) electrons. The van der Waals surface area contributed by atoms with Crippen LogP contribution in [0.1, 0.15) is 10.4 Å². The van der Waals surface area contributed by atoms with Crippen LogP contribution in [0.3, 0.4) is 0 Å². The second kappa shape index (κ2) is 3.27. The lowest BCUT2D eigenvalue weighted by atomic mass is 10.1. The van der Waals surface area contributed by atoms with E-state index in [4.69, 9.17) is 10.8 Å². The van der Waals surface area contributed by atoms with Crippen LogP contribution in [0.2, 0.25) is 0 Å². The normalized spacial score (nSPS) is 10.8. The van der Waals surface area contributed by atoms with Crippen molar-refractivity contribution in [2.24, 2.45) is 7.05 Å². The van der Waals surface area contributed by atoms with Gasteiger partial charge in [-0.2, -0.15) is 0 Å². The van der Waals surface area contributed by atoms with Gasteiger partial charge in [0.25, 0.3) is 0 Å². The standard InChI is InChI=1S/C10H9BrN2O2/c1-13-4-7(11)9-6(10(14)15)2-5(12)3-8(9)13/h2-4H,12H2,1H3,(H,14,15). The number of fused-ring (bicyclic) bond motifs is 1. The van der Waals surface area contributed by atoms with Crippen molar-refractivity contribution in [2.75, 3.05) is 5.73 Å². The van der Waals surface area contributed by atoms with Crippen LogP contribution < -0.4 is 5.73 Å². The molecule has 1 aromatic carbocycles. The summed E-state index contributed by atoms with van der Waals surface area (Å²) in [6.45, 7) is 0. The number of aromatic nitrogens is 1. The van der Waals surface area contributed by atoms with E-state index in [1.807, 2.05) is 17.8 Å². The topological polar surface area (TPSA) is 68.2 Å². The zero-order chi connectivity index (χ0) is 11.2. The first-order valence-corrected chi connectivity index (χ1v) is 5.07. The number of aromatic carboxylic acids is 1. The van der Waals surface area contributed by atoms with E-state index in [0.29, 0.717) is 11.1 Å². The Hall–Kier alpha value is -1.49. The van der Waals surface area contributed by atoms with Crippen LogP contribution in [0.4, 0.5) is 5.69 Å². The number of anilines is 1. The van der Waals surface area contributed by atoms with Gasteiger partial charge in [0, 0.05) is 28.8 Å².